The highest BCUT2D eigenvalue weighted by molar-refractivity contribution is 4.85. The first-order chi connectivity index (χ1) is 8.13. The molecule has 2 N–H and O–H groups in total. The van der Waals surface area contributed by atoms with Crippen LogP contribution in [-0.2, 0) is 0 Å². The number of likely N-dealkylation sites (N-methyl/N-ethyl adjacent to an activating group) is 2. The average molecular weight is 241 g/mol. The van der Waals surface area contributed by atoms with E-state index in [2.05, 4.69) is 37.7 Å². The van der Waals surface area contributed by atoms with Gasteiger partial charge in [0.1, 0.15) is 0 Å². The number of nitrogens with two attached hydrogens (primary N) is 1. The highest BCUT2D eigenvalue weighted by atomic mass is 15.2. The molecule has 0 aromatic heterocycles. The van der Waals surface area contributed by atoms with Crippen molar-refractivity contribution in [2.24, 2.45) is 11.7 Å². The van der Waals surface area contributed by atoms with Gasteiger partial charge in [0.05, 0.1) is 0 Å². The number of hydrogen-bond donors (Lipinski definition) is 1. The van der Waals surface area contributed by atoms with Gasteiger partial charge in [-0.25, -0.2) is 0 Å². The maximum absolute atomic E-state index is 6.01. The first-order valence-electron chi connectivity index (χ1n) is 7.24. The van der Waals surface area contributed by atoms with Crippen molar-refractivity contribution >= 4 is 0 Å². The summed E-state index contributed by atoms with van der Waals surface area (Å²) < 4.78 is 0. The molecule has 2 atom stereocenters. The van der Waals surface area contributed by atoms with Crippen molar-refractivity contribution < 1.29 is 0 Å². The molecule has 0 aromatic carbocycles. The van der Waals surface area contributed by atoms with Crippen LogP contribution < -0.4 is 5.73 Å². The Hall–Kier alpha value is -0.120. The lowest BCUT2D eigenvalue weighted by molar-refractivity contribution is 0.0724. The predicted molar refractivity (Wildman–Crippen MR) is 75.2 cm³/mol. The summed E-state index contributed by atoms with van der Waals surface area (Å²) in [5, 5.41) is 0. The first-order valence-corrected chi connectivity index (χ1v) is 7.24. The minimum absolute atomic E-state index is 0.557. The minimum Gasteiger partial charge on any atom is -0.329 e. The zero-order valence-corrected chi connectivity index (χ0v) is 12.2. The lowest BCUT2D eigenvalue weighted by atomic mass is 9.91. The summed E-state index contributed by atoms with van der Waals surface area (Å²) in [5.41, 5.74) is 6.01. The van der Waals surface area contributed by atoms with Gasteiger partial charge >= 0.3 is 0 Å². The third-order valence-electron chi connectivity index (χ3n) is 4.53. The number of likely N-dealkylation sites (tertiary alicyclic amines) is 1. The third-order valence-corrected chi connectivity index (χ3v) is 4.53. The number of nitrogens with zero attached hydrogens (tertiary/aromatic N) is 2. The maximum atomic E-state index is 6.01. The molecular formula is C14H31N3. The van der Waals surface area contributed by atoms with Crippen molar-refractivity contribution in [3.05, 3.63) is 0 Å². The number of piperidine rings is 1. The second-order valence-electron chi connectivity index (χ2n) is 5.60. The number of hydrogen-bond acceptors (Lipinski definition) is 3. The van der Waals surface area contributed by atoms with E-state index < -0.39 is 0 Å². The fraction of sp³-hybridized carbons (Fsp3) is 1.00. The molecule has 0 aliphatic carbocycles. The van der Waals surface area contributed by atoms with Crippen LogP contribution in [0.2, 0.25) is 0 Å². The van der Waals surface area contributed by atoms with Crippen LogP contribution in [0.25, 0.3) is 0 Å². The van der Waals surface area contributed by atoms with E-state index in [1.807, 2.05) is 0 Å². The van der Waals surface area contributed by atoms with Gasteiger partial charge in [-0.1, -0.05) is 26.7 Å². The van der Waals surface area contributed by atoms with Gasteiger partial charge in [0.15, 0.2) is 0 Å². The third kappa shape index (κ3) is 3.94. The average Bonchev–Trinajstić information content (AvgIpc) is 2.35. The SMILES string of the molecule is CCC(CC)C(CN)N(C)C1CCCN(C)C1. The van der Waals surface area contributed by atoms with Crippen LogP contribution in [-0.4, -0.2) is 55.6 Å². The Morgan fingerprint density at radius 1 is 1.35 bits per heavy atom. The normalized spacial score (nSPS) is 24.5. The summed E-state index contributed by atoms with van der Waals surface area (Å²) in [4.78, 5) is 5.01. The van der Waals surface area contributed by atoms with Gasteiger partial charge in [0.25, 0.3) is 0 Å². The molecule has 1 aliphatic rings. The molecule has 17 heavy (non-hydrogen) atoms. The summed E-state index contributed by atoms with van der Waals surface area (Å²) in [5.74, 6) is 0.747. The molecule has 0 bridgehead atoms. The molecule has 3 nitrogen and oxygen atoms in total. The molecule has 3 heteroatoms. The molecule has 1 saturated heterocycles. The van der Waals surface area contributed by atoms with Crippen molar-refractivity contribution in [1.82, 2.24) is 9.80 Å². The van der Waals surface area contributed by atoms with E-state index in [1.54, 1.807) is 0 Å². The van der Waals surface area contributed by atoms with Gasteiger partial charge in [-0.2, -0.15) is 0 Å². The summed E-state index contributed by atoms with van der Waals surface area (Å²) in [6.07, 6.45) is 5.14. The fourth-order valence-corrected chi connectivity index (χ4v) is 3.27. The van der Waals surface area contributed by atoms with E-state index in [4.69, 9.17) is 5.73 Å². The fourth-order valence-electron chi connectivity index (χ4n) is 3.27. The summed E-state index contributed by atoms with van der Waals surface area (Å²) in [6.45, 7) is 7.83. The van der Waals surface area contributed by atoms with E-state index in [0.29, 0.717) is 12.1 Å². The molecule has 1 rings (SSSR count). The highest BCUT2D eigenvalue weighted by Gasteiger charge is 2.29. The highest BCUT2D eigenvalue weighted by Crippen LogP contribution is 2.22. The van der Waals surface area contributed by atoms with E-state index in [9.17, 15) is 0 Å². The zero-order chi connectivity index (χ0) is 12.8. The Morgan fingerprint density at radius 2 is 2.00 bits per heavy atom. The zero-order valence-electron chi connectivity index (χ0n) is 12.2. The number of rotatable bonds is 6. The molecule has 0 radical (unpaired) electrons. The van der Waals surface area contributed by atoms with E-state index in [1.165, 1.54) is 38.8 Å². The van der Waals surface area contributed by atoms with Crippen LogP contribution in [0.4, 0.5) is 0 Å². The predicted octanol–water partition coefficient (Wildman–Crippen LogP) is 1.78. The van der Waals surface area contributed by atoms with Crippen molar-refractivity contribution in [1.29, 1.82) is 0 Å². The Kier molecular flexibility index (Phi) is 6.45. The van der Waals surface area contributed by atoms with Gasteiger partial charge in [-0.05, 0) is 39.4 Å². The molecule has 0 aromatic rings. The van der Waals surface area contributed by atoms with Gasteiger partial charge < -0.3 is 10.6 Å². The molecule has 2 unspecified atom stereocenters. The molecule has 0 amide bonds. The molecule has 102 valence electrons. The van der Waals surface area contributed by atoms with Gasteiger partial charge in [-0.15, -0.1) is 0 Å². The molecule has 1 heterocycles. The van der Waals surface area contributed by atoms with E-state index in [0.717, 1.165) is 12.5 Å². The molecular weight excluding hydrogens is 210 g/mol. The quantitative estimate of drug-likeness (QED) is 0.769. The van der Waals surface area contributed by atoms with Crippen LogP contribution in [0, 0.1) is 5.92 Å². The van der Waals surface area contributed by atoms with E-state index >= 15 is 0 Å². The first kappa shape index (κ1) is 14.9. The van der Waals surface area contributed by atoms with Crippen LogP contribution in [0.5, 0.6) is 0 Å². The molecule has 0 spiro atoms. The summed E-state index contributed by atoms with van der Waals surface area (Å²) in [7, 11) is 4.51. The Bertz CT molecular complexity index is 204. The lowest BCUT2D eigenvalue weighted by Crippen LogP contribution is -2.53. The Balaban J connectivity index is 2.60. The van der Waals surface area contributed by atoms with Gasteiger partial charge in [-0.3, -0.25) is 4.90 Å². The molecule has 1 fully saturated rings. The standard InChI is InChI=1S/C14H31N3/c1-5-12(6-2)14(10-15)17(4)13-8-7-9-16(3)11-13/h12-14H,5-11,15H2,1-4H3. The monoisotopic (exact) mass is 241 g/mol. The van der Waals surface area contributed by atoms with Crippen molar-refractivity contribution in [3.63, 3.8) is 0 Å². The molecule has 1 aliphatic heterocycles. The summed E-state index contributed by atoms with van der Waals surface area (Å²) in [6, 6.07) is 1.25. The van der Waals surface area contributed by atoms with Crippen LogP contribution in [0.3, 0.4) is 0 Å². The summed E-state index contributed by atoms with van der Waals surface area (Å²) >= 11 is 0. The minimum atomic E-state index is 0.557. The Morgan fingerprint density at radius 3 is 2.47 bits per heavy atom. The van der Waals surface area contributed by atoms with Crippen molar-refractivity contribution in [2.75, 3.05) is 33.7 Å². The maximum Gasteiger partial charge on any atom is 0.0246 e. The van der Waals surface area contributed by atoms with Crippen molar-refractivity contribution in [2.45, 2.75) is 51.6 Å². The van der Waals surface area contributed by atoms with E-state index in [-0.39, 0.29) is 0 Å². The lowest BCUT2D eigenvalue weighted by Gasteiger charge is -2.42. The smallest absolute Gasteiger partial charge is 0.0246 e. The van der Waals surface area contributed by atoms with Crippen LogP contribution in [0.15, 0.2) is 0 Å². The van der Waals surface area contributed by atoms with Crippen molar-refractivity contribution in [3.8, 4) is 0 Å². The van der Waals surface area contributed by atoms with Crippen LogP contribution >= 0.6 is 0 Å². The largest absolute Gasteiger partial charge is 0.329 e. The second-order valence-corrected chi connectivity index (χ2v) is 5.60. The Labute approximate surface area is 107 Å². The molecule has 0 saturated carbocycles. The topological polar surface area (TPSA) is 32.5 Å². The van der Waals surface area contributed by atoms with Gasteiger partial charge in [0.2, 0.25) is 0 Å². The van der Waals surface area contributed by atoms with Crippen LogP contribution in [0.1, 0.15) is 39.5 Å². The second kappa shape index (κ2) is 7.34. The van der Waals surface area contributed by atoms with Gasteiger partial charge in [0, 0.05) is 25.2 Å².